The number of likely N-dealkylation sites (N-methyl/N-ethyl adjacent to an activating group) is 1. The van der Waals surface area contributed by atoms with Crippen molar-refractivity contribution >= 4 is 17.3 Å². The van der Waals surface area contributed by atoms with E-state index in [1.807, 2.05) is 11.9 Å². The SMILES string of the molecule is CNc1ncnc(N2CCN(C)CC2)c1[N+](=O)[O-]. The molecule has 0 amide bonds. The second-order valence-corrected chi connectivity index (χ2v) is 4.19. The van der Waals surface area contributed by atoms with Gasteiger partial charge in [0.05, 0.1) is 4.92 Å². The minimum atomic E-state index is -0.431. The molecule has 18 heavy (non-hydrogen) atoms. The van der Waals surface area contributed by atoms with Gasteiger partial charge in [-0.2, -0.15) is 0 Å². The summed E-state index contributed by atoms with van der Waals surface area (Å²) in [6.07, 6.45) is 1.35. The van der Waals surface area contributed by atoms with Crippen LogP contribution >= 0.6 is 0 Å². The summed E-state index contributed by atoms with van der Waals surface area (Å²) in [6, 6.07) is 0. The molecule has 1 fully saturated rings. The van der Waals surface area contributed by atoms with Crippen LogP contribution < -0.4 is 10.2 Å². The maximum Gasteiger partial charge on any atom is 0.353 e. The number of rotatable bonds is 3. The molecule has 0 atom stereocenters. The van der Waals surface area contributed by atoms with Crippen molar-refractivity contribution in [3.8, 4) is 0 Å². The Bertz CT molecular complexity index is 444. The minimum Gasteiger partial charge on any atom is -0.367 e. The van der Waals surface area contributed by atoms with E-state index in [1.54, 1.807) is 7.05 Å². The third-order valence-corrected chi connectivity index (χ3v) is 3.03. The molecule has 1 aliphatic rings. The van der Waals surface area contributed by atoms with Crippen molar-refractivity contribution in [2.75, 3.05) is 50.5 Å². The number of hydrogen-bond donors (Lipinski definition) is 1. The van der Waals surface area contributed by atoms with Crippen LogP contribution in [0.5, 0.6) is 0 Å². The standard InChI is InChI=1S/C10H16N6O2/c1-11-9-8(16(17)18)10(13-7-12-9)15-5-3-14(2)4-6-15/h7H,3-6H2,1-2H3,(H,11,12,13). The van der Waals surface area contributed by atoms with E-state index in [0.717, 1.165) is 26.2 Å². The van der Waals surface area contributed by atoms with Gasteiger partial charge in [-0.1, -0.05) is 0 Å². The number of hydrogen-bond acceptors (Lipinski definition) is 7. The molecule has 8 nitrogen and oxygen atoms in total. The van der Waals surface area contributed by atoms with Crippen LogP contribution in [0.15, 0.2) is 6.33 Å². The summed E-state index contributed by atoms with van der Waals surface area (Å²) >= 11 is 0. The molecule has 0 spiro atoms. The predicted octanol–water partition coefficient (Wildman–Crippen LogP) is 0.178. The van der Waals surface area contributed by atoms with Crippen LogP contribution in [-0.2, 0) is 0 Å². The topological polar surface area (TPSA) is 87.4 Å². The van der Waals surface area contributed by atoms with Crippen molar-refractivity contribution in [3.63, 3.8) is 0 Å². The Balaban J connectivity index is 2.35. The van der Waals surface area contributed by atoms with Crippen LogP contribution in [0.4, 0.5) is 17.3 Å². The van der Waals surface area contributed by atoms with Gasteiger partial charge in [-0.15, -0.1) is 0 Å². The van der Waals surface area contributed by atoms with Crippen LogP contribution in [-0.4, -0.2) is 60.1 Å². The van der Waals surface area contributed by atoms with Gasteiger partial charge >= 0.3 is 5.69 Å². The highest BCUT2D eigenvalue weighted by atomic mass is 16.6. The van der Waals surface area contributed by atoms with Crippen LogP contribution in [0.1, 0.15) is 0 Å². The zero-order valence-electron chi connectivity index (χ0n) is 10.5. The van der Waals surface area contributed by atoms with Gasteiger partial charge in [0.1, 0.15) is 6.33 Å². The van der Waals surface area contributed by atoms with Crippen molar-refractivity contribution in [2.45, 2.75) is 0 Å². The minimum absolute atomic E-state index is 0.0513. The Kier molecular flexibility index (Phi) is 3.56. The lowest BCUT2D eigenvalue weighted by Crippen LogP contribution is -2.45. The molecule has 1 N–H and O–H groups in total. The van der Waals surface area contributed by atoms with E-state index >= 15 is 0 Å². The molecule has 0 aliphatic carbocycles. The smallest absolute Gasteiger partial charge is 0.353 e. The van der Waals surface area contributed by atoms with Gasteiger partial charge in [0.15, 0.2) is 0 Å². The normalized spacial score (nSPS) is 16.7. The first-order valence-electron chi connectivity index (χ1n) is 5.74. The molecule has 1 aromatic rings. The third kappa shape index (κ3) is 2.33. The summed E-state index contributed by atoms with van der Waals surface area (Å²) in [5.41, 5.74) is -0.0513. The van der Waals surface area contributed by atoms with Gasteiger partial charge in [0, 0.05) is 33.2 Å². The quantitative estimate of drug-likeness (QED) is 0.606. The van der Waals surface area contributed by atoms with Crippen molar-refractivity contribution in [2.24, 2.45) is 0 Å². The molecular weight excluding hydrogens is 236 g/mol. The van der Waals surface area contributed by atoms with Crippen molar-refractivity contribution in [1.29, 1.82) is 0 Å². The summed E-state index contributed by atoms with van der Waals surface area (Å²) < 4.78 is 0. The molecular formula is C10H16N6O2. The summed E-state index contributed by atoms with van der Waals surface area (Å²) in [5.74, 6) is 0.649. The fourth-order valence-electron chi connectivity index (χ4n) is 1.97. The van der Waals surface area contributed by atoms with Gasteiger partial charge < -0.3 is 15.1 Å². The summed E-state index contributed by atoms with van der Waals surface area (Å²) in [7, 11) is 3.65. The number of aromatic nitrogens is 2. The van der Waals surface area contributed by atoms with Gasteiger partial charge in [-0.25, -0.2) is 9.97 Å². The fourth-order valence-corrected chi connectivity index (χ4v) is 1.97. The summed E-state index contributed by atoms with van der Waals surface area (Å²) in [5, 5.41) is 13.9. The first-order valence-corrected chi connectivity index (χ1v) is 5.74. The van der Waals surface area contributed by atoms with Gasteiger partial charge in [-0.3, -0.25) is 10.1 Å². The van der Waals surface area contributed by atoms with Crippen LogP contribution in [0.2, 0.25) is 0 Å². The molecule has 1 aromatic heterocycles. The van der Waals surface area contributed by atoms with E-state index in [9.17, 15) is 10.1 Å². The highest BCUT2D eigenvalue weighted by Crippen LogP contribution is 2.31. The Morgan fingerprint density at radius 3 is 2.56 bits per heavy atom. The van der Waals surface area contributed by atoms with Crippen molar-refractivity contribution < 1.29 is 4.92 Å². The maximum atomic E-state index is 11.2. The largest absolute Gasteiger partial charge is 0.367 e. The Morgan fingerprint density at radius 1 is 1.33 bits per heavy atom. The lowest BCUT2D eigenvalue weighted by atomic mass is 10.3. The van der Waals surface area contributed by atoms with Crippen molar-refractivity contribution in [1.82, 2.24) is 14.9 Å². The molecule has 98 valence electrons. The molecule has 0 unspecified atom stereocenters. The van der Waals surface area contributed by atoms with Gasteiger partial charge in [-0.05, 0) is 7.05 Å². The molecule has 0 radical (unpaired) electrons. The zero-order chi connectivity index (χ0) is 13.1. The Morgan fingerprint density at radius 2 is 2.00 bits per heavy atom. The average Bonchev–Trinajstić information content (AvgIpc) is 2.38. The molecule has 0 saturated carbocycles. The Hall–Kier alpha value is -1.96. The maximum absolute atomic E-state index is 11.2. The highest BCUT2D eigenvalue weighted by Gasteiger charge is 2.27. The van der Waals surface area contributed by atoms with E-state index in [2.05, 4.69) is 20.2 Å². The van der Waals surface area contributed by atoms with Crippen LogP contribution in [0.25, 0.3) is 0 Å². The number of nitrogens with zero attached hydrogens (tertiary/aromatic N) is 5. The molecule has 1 saturated heterocycles. The van der Waals surface area contributed by atoms with E-state index in [-0.39, 0.29) is 11.5 Å². The second kappa shape index (κ2) is 5.13. The molecule has 2 rings (SSSR count). The lowest BCUT2D eigenvalue weighted by molar-refractivity contribution is -0.383. The van der Waals surface area contributed by atoms with E-state index < -0.39 is 4.92 Å². The van der Waals surface area contributed by atoms with E-state index in [4.69, 9.17) is 0 Å². The van der Waals surface area contributed by atoms with Gasteiger partial charge in [0.2, 0.25) is 11.6 Å². The molecule has 0 bridgehead atoms. The number of anilines is 2. The zero-order valence-corrected chi connectivity index (χ0v) is 10.5. The number of nitrogens with one attached hydrogen (secondary N) is 1. The summed E-state index contributed by atoms with van der Waals surface area (Å²) in [4.78, 5) is 22.8. The van der Waals surface area contributed by atoms with E-state index in [1.165, 1.54) is 6.33 Å². The van der Waals surface area contributed by atoms with E-state index in [0.29, 0.717) is 5.82 Å². The highest BCUT2D eigenvalue weighted by molar-refractivity contribution is 5.70. The van der Waals surface area contributed by atoms with Crippen LogP contribution in [0, 0.1) is 10.1 Å². The fraction of sp³-hybridized carbons (Fsp3) is 0.600. The predicted molar refractivity (Wildman–Crippen MR) is 67.9 cm³/mol. The molecule has 2 heterocycles. The van der Waals surface area contributed by atoms with Crippen LogP contribution in [0.3, 0.4) is 0 Å². The Labute approximate surface area is 105 Å². The molecule has 0 aromatic carbocycles. The first kappa shape index (κ1) is 12.5. The monoisotopic (exact) mass is 252 g/mol. The number of piperazine rings is 1. The summed E-state index contributed by atoms with van der Waals surface area (Å²) in [6.45, 7) is 3.21. The lowest BCUT2D eigenvalue weighted by Gasteiger charge is -2.32. The van der Waals surface area contributed by atoms with Crippen molar-refractivity contribution in [3.05, 3.63) is 16.4 Å². The van der Waals surface area contributed by atoms with Gasteiger partial charge in [0.25, 0.3) is 0 Å². The average molecular weight is 252 g/mol. The third-order valence-electron chi connectivity index (χ3n) is 3.03. The molecule has 1 aliphatic heterocycles. The molecule has 8 heteroatoms. The number of nitro groups is 1. The first-order chi connectivity index (χ1) is 8.63. The second-order valence-electron chi connectivity index (χ2n) is 4.19.